The van der Waals surface area contributed by atoms with Crippen LogP contribution in [0.2, 0.25) is 0 Å². The highest BCUT2D eigenvalue weighted by Gasteiger charge is 2.37. The molecule has 1 aliphatic rings. The maximum absolute atomic E-state index is 11.2. The van der Waals surface area contributed by atoms with Gasteiger partial charge in [-0.3, -0.25) is 9.59 Å². The first-order chi connectivity index (χ1) is 5.04. The molecule has 0 aromatic heterocycles. The number of Topliss-reactive ketones (excluding diaryl/α,β-unsaturated/α-hetero) is 1. The lowest BCUT2D eigenvalue weighted by atomic mass is 9.89. The quantitative estimate of drug-likeness (QED) is 0.384. The molecule has 1 aliphatic heterocycles. The Morgan fingerprint density at radius 3 is 2.27 bits per heavy atom. The van der Waals surface area contributed by atoms with Gasteiger partial charge >= 0.3 is 5.97 Å². The molecule has 0 bridgehead atoms. The standard InChI is InChI=1S/C8H12O3/c1-4-6(3)11-8(10)5(2)7(4)9/h4-6H,1-3H3/t4-,5-,6-/m1/s1. The largest absolute Gasteiger partial charge is 0.461 e. The molecule has 3 atom stereocenters. The molecular weight excluding hydrogens is 144 g/mol. The van der Waals surface area contributed by atoms with Crippen LogP contribution in [0.4, 0.5) is 0 Å². The minimum absolute atomic E-state index is 0.00579. The fraction of sp³-hybridized carbons (Fsp3) is 0.750. The van der Waals surface area contributed by atoms with Crippen molar-refractivity contribution in [2.75, 3.05) is 0 Å². The van der Waals surface area contributed by atoms with Gasteiger partial charge in [0.15, 0.2) is 5.78 Å². The van der Waals surface area contributed by atoms with E-state index < -0.39 is 5.92 Å². The van der Waals surface area contributed by atoms with Crippen molar-refractivity contribution >= 4 is 11.8 Å². The van der Waals surface area contributed by atoms with Crippen molar-refractivity contribution in [3.8, 4) is 0 Å². The molecular formula is C8H12O3. The van der Waals surface area contributed by atoms with E-state index in [4.69, 9.17) is 4.74 Å². The van der Waals surface area contributed by atoms with Gasteiger partial charge in [-0.1, -0.05) is 6.92 Å². The van der Waals surface area contributed by atoms with Gasteiger partial charge < -0.3 is 4.74 Å². The molecule has 0 spiro atoms. The molecule has 1 heterocycles. The molecule has 0 amide bonds. The lowest BCUT2D eigenvalue weighted by molar-refractivity contribution is -0.167. The lowest BCUT2D eigenvalue weighted by Crippen LogP contribution is -2.42. The van der Waals surface area contributed by atoms with Crippen LogP contribution in [0.5, 0.6) is 0 Å². The van der Waals surface area contributed by atoms with Crippen molar-refractivity contribution in [1.29, 1.82) is 0 Å². The van der Waals surface area contributed by atoms with Gasteiger partial charge in [-0.05, 0) is 13.8 Å². The summed E-state index contributed by atoms with van der Waals surface area (Å²) in [6, 6.07) is 0. The number of hydrogen-bond acceptors (Lipinski definition) is 3. The van der Waals surface area contributed by atoms with E-state index in [9.17, 15) is 9.59 Å². The second kappa shape index (κ2) is 2.64. The van der Waals surface area contributed by atoms with Gasteiger partial charge in [-0.2, -0.15) is 0 Å². The first-order valence-corrected chi connectivity index (χ1v) is 3.78. The molecule has 0 aliphatic carbocycles. The van der Waals surface area contributed by atoms with E-state index in [1.807, 2.05) is 0 Å². The molecule has 62 valence electrons. The molecule has 1 rings (SSSR count). The van der Waals surface area contributed by atoms with Crippen LogP contribution < -0.4 is 0 Å². The molecule has 0 aromatic rings. The van der Waals surface area contributed by atoms with E-state index in [1.54, 1.807) is 20.8 Å². The van der Waals surface area contributed by atoms with Gasteiger partial charge in [0, 0.05) is 0 Å². The first-order valence-electron chi connectivity index (χ1n) is 3.78. The summed E-state index contributed by atoms with van der Waals surface area (Å²) in [4.78, 5) is 22.2. The number of ether oxygens (including phenoxy) is 1. The van der Waals surface area contributed by atoms with Gasteiger partial charge in [0.05, 0.1) is 5.92 Å². The minimum Gasteiger partial charge on any atom is -0.461 e. The van der Waals surface area contributed by atoms with Crippen molar-refractivity contribution < 1.29 is 14.3 Å². The minimum atomic E-state index is -0.568. The van der Waals surface area contributed by atoms with Crippen molar-refractivity contribution in [3.63, 3.8) is 0 Å². The Labute approximate surface area is 65.7 Å². The zero-order valence-electron chi connectivity index (χ0n) is 6.96. The number of carbonyl (C=O) groups is 2. The van der Waals surface area contributed by atoms with E-state index in [0.29, 0.717) is 0 Å². The smallest absolute Gasteiger partial charge is 0.316 e. The maximum atomic E-state index is 11.2. The Balaban J connectivity index is 2.79. The van der Waals surface area contributed by atoms with Gasteiger partial charge in [0.25, 0.3) is 0 Å². The molecule has 0 N–H and O–H groups in total. The van der Waals surface area contributed by atoms with Crippen LogP contribution in [0.3, 0.4) is 0 Å². The molecule has 0 aromatic carbocycles. The van der Waals surface area contributed by atoms with Crippen LogP contribution in [-0.4, -0.2) is 17.9 Å². The van der Waals surface area contributed by atoms with Crippen LogP contribution >= 0.6 is 0 Å². The molecule has 11 heavy (non-hydrogen) atoms. The number of hydrogen-bond donors (Lipinski definition) is 0. The topological polar surface area (TPSA) is 43.4 Å². The zero-order valence-corrected chi connectivity index (χ0v) is 6.96. The summed E-state index contributed by atoms with van der Waals surface area (Å²) in [5.41, 5.74) is 0. The van der Waals surface area contributed by atoms with E-state index in [1.165, 1.54) is 0 Å². The van der Waals surface area contributed by atoms with Crippen molar-refractivity contribution in [1.82, 2.24) is 0 Å². The van der Waals surface area contributed by atoms with Crippen molar-refractivity contribution in [2.45, 2.75) is 26.9 Å². The summed E-state index contributed by atoms with van der Waals surface area (Å²) in [6.07, 6.45) is -0.258. The van der Waals surface area contributed by atoms with Crippen LogP contribution in [0.25, 0.3) is 0 Å². The molecule has 0 radical (unpaired) electrons. The predicted octanol–water partition coefficient (Wildman–Crippen LogP) is 0.773. The molecule has 1 fully saturated rings. The zero-order chi connectivity index (χ0) is 8.59. The summed E-state index contributed by atoms with van der Waals surface area (Å²) in [7, 11) is 0. The normalized spacial score (nSPS) is 38.6. The van der Waals surface area contributed by atoms with Crippen molar-refractivity contribution in [2.24, 2.45) is 11.8 Å². The van der Waals surface area contributed by atoms with Crippen molar-refractivity contribution in [3.05, 3.63) is 0 Å². The summed E-state index contributed by atoms with van der Waals surface area (Å²) in [5, 5.41) is 0. The average molecular weight is 156 g/mol. The fourth-order valence-corrected chi connectivity index (χ4v) is 1.13. The van der Waals surface area contributed by atoms with Crippen LogP contribution in [-0.2, 0) is 14.3 Å². The van der Waals surface area contributed by atoms with Crippen LogP contribution in [0, 0.1) is 11.8 Å². The average Bonchev–Trinajstić information content (AvgIpc) is 1.97. The highest BCUT2D eigenvalue weighted by atomic mass is 16.5. The Hall–Kier alpha value is -0.860. The predicted molar refractivity (Wildman–Crippen MR) is 38.9 cm³/mol. The molecule has 0 saturated carbocycles. The summed E-state index contributed by atoms with van der Waals surface area (Å²) in [6.45, 7) is 5.12. The van der Waals surface area contributed by atoms with E-state index >= 15 is 0 Å². The third-order valence-corrected chi connectivity index (χ3v) is 2.24. The van der Waals surface area contributed by atoms with Gasteiger partial charge in [-0.15, -0.1) is 0 Å². The number of cyclic esters (lactones) is 1. The second-order valence-electron chi connectivity index (χ2n) is 3.05. The number of esters is 1. The van der Waals surface area contributed by atoms with Gasteiger partial charge in [-0.25, -0.2) is 0 Å². The molecule has 0 unspecified atom stereocenters. The highest BCUT2D eigenvalue weighted by molar-refractivity contribution is 6.01. The van der Waals surface area contributed by atoms with E-state index in [-0.39, 0.29) is 23.8 Å². The lowest BCUT2D eigenvalue weighted by Gasteiger charge is -2.27. The number of rotatable bonds is 0. The van der Waals surface area contributed by atoms with E-state index in [0.717, 1.165) is 0 Å². The summed E-state index contributed by atoms with van der Waals surface area (Å²) >= 11 is 0. The Kier molecular flexibility index (Phi) is 1.98. The summed E-state index contributed by atoms with van der Waals surface area (Å²) < 4.78 is 4.92. The van der Waals surface area contributed by atoms with Crippen LogP contribution in [0.1, 0.15) is 20.8 Å². The Bertz CT molecular complexity index is 198. The molecule has 1 saturated heterocycles. The number of carbonyl (C=O) groups excluding carboxylic acids is 2. The third kappa shape index (κ3) is 1.27. The molecule has 3 nitrogen and oxygen atoms in total. The third-order valence-electron chi connectivity index (χ3n) is 2.24. The van der Waals surface area contributed by atoms with Crippen LogP contribution in [0.15, 0.2) is 0 Å². The Morgan fingerprint density at radius 2 is 1.73 bits per heavy atom. The first kappa shape index (κ1) is 8.24. The van der Waals surface area contributed by atoms with Gasteiger partial charge in [0.1, 0.15) is 12.0 Å². The highest BCUT2D eigenvalue weighted by Crippen LogP contribution is 2.21. The number of ketones is 1. The fourth-order valence-electron chi connectivity index (χ4n) is 1.13. The SMILES string of the molecule is C[C@H]1C(=O)O[C@H](C)[C@@H](C)C1=O. The molecule has 3 heteroatoms. The maximum Gasteiger partial charge on any atom is 0.316 e. The van der Waals surface area contributed by atoms with E-state index in [2.05, 4.69) is 0 Å². The monoisotopic (exact) mass is 156 g/mol. The Morgan fingerprint density at radius 1 is 1.18 bits per heavy atom. The summed E-state index contributed by atoms with van der Waals surface area (Å²) in [5.74, 6) is -1.11. The van der Waals surface area contributed by atoms with Gasteiger partial charge in [0.2, 0.25) is 0 Å². The second-order valence-corrected chi connectivity index (χ2v) is 3.05.